The Morgan fingerprint density at radius 3 is 2.25 bits per heavy atom. The maximum atomic E-state index is 12.4. The van der Waals surface area contributed by atoms with Crippen molar-refractivity contribution >= 4 is 25.3 Å². The fourth-order valence-corrected chi connectivity index (χ4v) is 3.75. The number of thiol groups is 2. The largest absolute Gasteiger partial charge is 0.324 e. The van der Waals surface area contributed by atoms with E-state index in [1.54, 1.807) is 4.68 Å². The molecule has 7 heteroatoms. The molecule has 1 heterocycles. The average molecular weight is 423 g/mol. The van der Waals surface area contributed by atoms with E-state index in [1.165, 1.54) is 0 Å². The molecular formula is C21H34N4OS2. The van der Waals surface area contributed by atoms with Crippen LogP contribution in [0.2, 0.25) is 0 Å². The number of nitrogens with zero attached hydrogens (tertiary/aromatic N) is 2. The van der Waals surface area contributed by atoms with Gasteiger partial charge in [0.1, 0.15) is 0 Å². The quantitative estimate of drug-likeness (QED) is 0.452. The highest BCUT2D eigenvalue weighted by Gasteiger charge is 2.21. The lowest BCUT2D eigenvalue weighted by Crippen LogP contribution is -2.25. The monoisotopic (exact) mass is 422 g/mol. The molecule has 1 aromatic heterocycles. The van der Waals surface area contributed by atoms with Crippen LogP contribution in [-0.4, -0.2) is 26.4 Å². The summed E-state index contributed by atoms with van der Waals surface area (Å²) in [6, 6.07) is 9.41. The van der Waals surface area contributed by atoms with Crippen LogP contribution in [0.25, 0.3) is 5.69 Å². The van der Waals surface area contributed by atoms with Gasteiger partial charge in [-0.2, -0.15) is 25.3 Å². The van der Waals surface area contributed by atoms with Crippen molar-refractivity contribution in [3.05, 3.63) is 64.1 Å². The van der Waals surface area contributed by atoms with E-state index in [1.807, 2.05) is 62.8 Å². The van der Waals surface area contributed by atoms with E-state index in [2.05, 4.69) is 31.8 Å². The van der Waals surface area contributed by atoms with Crippen LogP contribution in [0.4, 0.5) is 0 Å². The number of benzene rings is 1. The predicted octanol–water partition coefficient (Wildman–Crippen LogP) is 3.40. The highest BCUT2D eigenvalue weighted by Crippen LogP contribution is 2.25. The molecule has 5 nitrogen and oxygen atoms in total. The van der Waals surface area contributed by atoms with Gasteiger partial charge in [-0.15, -0.1) is 0 Å². The molecule has 0 spiro atoms. The van der Waals surface area contributed by atoms with Crippen molar-refractivity contribution < 1.29 is 0 Å². The van der Waals surface area contributed by atoms with Crippen molar-refractivity contribution in [3.8, 4) is 5.69 Å². The second-order valence-corrected chi connectivity index (χ2v) is 7.72. The minimum absolute atomic E-state index is 0.0669. The SMILES string of the molecule is C=C1CC(S)CC1N.CC.Cc1c(C(N)CS)c(=O)n(-c2ccccc2)n1C. The summed E-state index contributed by atoms with van der Waals surface area (Å²) in [5.74, 6) is 0.453. The van der Waals surface area contributed by atoms with Crippen LogP contribution in [-0.2, 0) is 7.05 Å². The normalized spacial score (nSPS) is 19.4. The lowest BCUT2D eigenvalue weighted by atomic mass is 10.1. The van der Waals surface area contributed by atoms with Crippen LogP contribution < -0.4 is 17.0 Å². The van der Waals surface area contributed by atoms with Gasteiger partial charge in [0.25, 0.3) is 5.56 Å². The molecule has 1 fully saturated rings. The minimum atomic E-state index is -0.336. The Morgan fingerprint density at radius 2 is 1.86 bits per heavy atom. The van der Waals surface area contributed by atoms with Gasteiger partial charge in [0.15, 0.2) is 0 Å². The van der Waals surface area contributed by atoms with Crippen LogP contribution in [0.15, 0.2) is 47.3 Å². The van der Waals surface area contributed by atoms with Crippen molar-refractivity contribution in [1.82, 2.24) is 9.36 Å². The van der Waals surface area contributed by atoms with Crippen molar-refractivity contribution in [1.29, 1.82) is 0 Å². The highest BCUT2D eigenvalue weighted by atomic mass is 32.1. The molecule has 1 aromatic carbocycles. The van der Waals surface area contributed by atoms with E-state index in [4.69, 9.17) is 11.5 Å². The summed E-state index contributed by atoms with van der Waals surface area (Å²) >= 11 is 8.44. The van der Waals surface area contributed by atoms with E-state index >= 15 is 0 Å². The minimum Gasteiger partial charge on any atom is -0.324 e. The summed E-state index contributed by atoms with van der Waals surface area (Å²) < 4.78 is 3.46. The van der Waals surface area contributed by atoms with E-state index < -0.39 is 0 Å². The maximum Gasteiger partial charge on any atom is 0.276 e. The Labute approximate surface area is 179 Å². The molecule has 0 radical (unpaired) electrons. The van der Waals surface area contributed by atoms with Gasteiger partial charge in [-0.1, -0.05) is 44.2 Å². The smallest absolute Gasteiger partial charge is 0.276 e. The molecule has 0 saturated heterocycles. The number of rotatable bonds is 3. The van der Waals surface area contributed by atoms with Gasteiger partial charge in [0, 0.05) is 35.8 Å². The van der Waals surface area contributed by atoms with Gasteiger partial charge >= 0.3 is 0 Å². The van der Waals surface area contributed by atoms with Crippen molar-refractivity contribution in [2.75, 3.05) is 5.75 Å². The van der Waals surface area contributed by atoms with Crippen LogP contribution in [0.1, 0.15) is 44.0 Å². The van der Waals surface area contributed by atoms with E-state index in [0.29, 0.717) is 16.6 Å². The number of hydrogen-bond acceptors (Lipinski definition) is 5. The zero-order valence-electron chi connectivity index (χ0n) is 17.3. The predicted molar refractivity (Wildman–Crippen MR) is 127 cm³/mol. The van der Waals surface area contributed by atoms with Gasteiger partial charge in [-0.3, -0.25) is 9.48 Å². The molecule has 1 aliphatic rings. The third kappa shape index (κ3) is 5.80. The van der Waals surface area contributed by atoms with Gasteiger partial charge in [-0.25, -0.2) is 4.68 Å². The Bertz CT molecular complexity index is 814. The Kier molecular flexibility index (Phi) is 10.2. The zero-order valence-corrected chi connectivity index (χ0v) is 19.1. The van der Waals surface area contributed by atoms with Crippen LogP contribution in [0.3, 0.4) is 0 Å². The molecule has 1 aliphatic carbocycles. The lowest BCUT2D eigenvalue weighted by Gasteiger charge is -2.07. The molecule has 4 N–H and O–H groups in total. The highest BCUT2D eigenvalue weighted by molar-refractivity contribution is 7.81. The van der Waals surface area contributed by atoms with Crippen LogP contribution in [0, 0.1) is 6.92 Å². The van der Waals surface area contributed by atoms with Gasteiger partial charge in [-0.05, 0) is 31.9 Å². The van der Waals surface area contributed by atoms with Crippen molar-refractivity contribution in [2.24, 2.45) is 18.5 Å². The molecule has 156 valence electrons. The second kappa shape index (κ2) is 11.6. The van der Waals surface area contributed by atoms with E-state index in [9.17, 15) is 4.79 Å². The number of aromatic nitrogens is 2. The maximum absolute atomic E-state index is 12.4. The Balaban J connectivity index is 0.000000327. The standard InChI is InChI=1S/C13H17N3OS.C6H11NS.C2H6/c1-9-12(11(14)8-18)13(17)16(15(9)2)10-6-4-3-5-7-10;1-4-2-5(8)3-6(4)7;1-2/h3-7,11,18H,8,14H2,1-2H3;5-6,8H,1-3,7H2;1-2H3. The zero-order chi connectivity index (χ0) is 21.4. The van der Waals surface area contributed by atoms with Gasteiger partial charge < -0.3 is 11.5 Å². The number of nitrogens with two attached hydrogens (primary N) is 2. The molecule has 0 amide bonds. The molecule has 28 heavy (non-hydrogen) atoms. The summed E-state index contributed by atoms with van der Waals surface area (Å²) in [6.45, 7) is 9.71. The first-order chi connectivity index (χ1) is 13.3. The first kappa shape index (κ1) is 24.6. The van der Waals surface area contributed by atoms with E-state index in [-0.39, 0.29) is 17.6 Å². The van der Waals surface area contributed by atoms with Crippen molar-refractivity contribution in [2.45, 2.75) is 50.9 Å². The molecule has 3 unspecified atom stereocenters. The summed E-state index contributed by atoms with van der Waals surface area (Å²) in [4.78, 5) is 12.4. The van der Waals surface area contributed by atoms with Crippen molar-refractivity contribution in [3.63, 3.8) is 0 Å². The molecular weight excluding hydrogens is 388 g/mol. The number of para-hydroxylation sites is 1. The van der Waals surface area contributed by atoms with Crippen LogP contribution >= 0.6 is 25.3 Å². The third-order valence-corrected chi connectivity index (χ3v) is 5.50. The molecule has 1 saturated carbocycles. The summed E-state index contributed by atoms with van der Waals surface area (Å²) in [6.07, 6.45) is 2.01. The molecule has 3 rings (SSSR count). The fourth-order valence-electron chi connectivity index (χ4n) is 3.10. The molecule has 0 aliphatic heterocycles. The third-order valence-electron chi connectivity index (χ3n) is 4.71. The fraction of sp³-hybridized carbons (Fsp3) is 0.476. The first-order valence-corrected chi connectivity index (χ1v) is 10.7. The molecule has 3 atom stereocenters. The molecule has 0 bridgehead atoms. The Hall–Kier alpha value is -1.41. The van der Waals surface area contributed by atoms with Crippen LogP contribution in [0.5, 0.6) is 0 Å². The van der Waals surface area contributed by atoms with E-state index in [0.717, 1.165) is 29.8 Å². The lowest BCUT2D eigenvalue weighted by molar-refractivity contribution is 0.630. The van der Waals surface area contributed by atoms with Gasteiger partial charge in [0.05, 0.1) is 11.3 Å². The van der Waals surface area contributed by atoms with Gasteiger partial charge in [0.2, 0.25) is 0 Å². The summed E-state index contributed by atoms with van der Waals surface area (Å²) in [5.41, 5.74) is 15.0. The average Bonchev–Trinajstić information content (AvgIpc) is 3.11. The summed E-state index contributed by atoms with van der Waals surface area (Å²) in [7, 11) is 1.86. The topological polar surface area (TPSA) is 79.0 Å². The summed E-state index contributed by atoms with van der Waals surface area (Å²) in [5, 5.41) is 0.470. The first-order valence-electron chi connectivity index (χ1n) is 9.59. The second-order valence-electron chi connectivity index (χ2n) is 6.62. The Morgan fingerprint density at radius 1 is 1.29 bits per heavy atom. The number of hydrogen-bond donors (Lipinski definition) is 4. The molecule has 2 aromatic rings.